The molecule has 0 spiro atoms. The minimum atomic E-state index is -0.135. The van der Waals surface area contributed by atoms with Gasteiger partial charge in [0.15, 0.2) is 14.7 Å². The summed E-state index contributed by atoms with van der Waals surface area (Å²) in [5.74, 6) is 0. The largest absolute Gasteiger partial charge is 0.166 e. The summed E-state index contributed by atoms with van der Waals surface area (Å²) in [5, 5.41) is 0. The van der Waals surface area contributed by atoms with Crippen LogP contribution in [0.1, 0.15) is 5.56 Å². The van der Waals surface area contributed by atoms with Crippen molar-refractivity contribution in [1.29, 1.82) is 0 Å². The first-order chi connectivity index (χ1) is 9.72. The molecule has 0 aliphatic heterocycles. The molecule has 2 aromatic carbocycles. The van der Waals surface area contributed by atoms with Crippen molar-refractivity contribution >= 4 is 10.9 Å². The molecular weight excluding hydrogens is 260 g/mol. The molecule has 2 aromatic rings. The summed E-state index contributed by atoms with van der Waals surface area (Å²) in [6.07, 6.45) is 5.77. The van der Waals surface area contributed by atoms with Gasteiger partial charge >= 0.3 is 0 Å². The number of benzene rings is 2. The van der Waals surface area contributed by atoms with Gasteiger partial charge in [0.25, 0.3) is 0 Å². The van der Waals surface area contributed by atoms with E-state index in [0.29, 0.717) is 0 Å². The summed E-state index contributed by atoms with van der Waals surface area (Å²) in [6, 6.07) is 19.2. The summed E-state index contributed by atoms with van der Waals surface area (Å²) >= 11 is 0. The summed E-state index contributed by atoms with van der Waals surface area (Å²) in [4.78, 5) is 3.68. The Balaban J connectivity index is 2.44. The van der Waals surface area contributed by atoms with E-state index < -0.39 is 0 Å². The average molecular weight is 279 g/mol. The summed E-state index contributed by atoms with van der Waals surface area (Å²) in [6.45, 7) is 10.1. The van der Waals surface area contributed by atoms with E-state index in [0.717, 1.165) is 4.91 Å². The highest BCUT2D eigenvalue weighted by Gasteiger charge is 2.27. The maximum atomic E-state index is 4.25. The molecule has 1 unspecified atom stereocenters. The highest BCUT2D eigenvalue weighted by molar-refractivity contribution is 8.00. The summed E-state index contributed by atoms with van der Waals surface area (Å²) in [7, 11) is -0.135. The van der Waals surface area contributed by atoms with Crippen LogP contribution >= 0.6 is 0 Å². The van der Waals surface area contributed by atoms with E-state index >= 15 is 0 Å². The summed E-state index contributed by atoms with van der Waals surface area (Å²) in [5.41, 5.74) is 1.28. The van der Waals surface area contributed by atoms with Crippen LogP contribution in [0.5, 0.6) is 0 Å². The third-order valence-electron chi connectivity index (χ3n) is 2.92. The van der Waals surface area contributed by atoms with Gasteiger partial charge in [0.2, 0.25) is 0 Å². The van der Waals surface area contributed by atoms with Crippen LogP contribution in [0.15, 0.2) is 101 Å². The fourth-order valence-electron chi connectivity index (χ4n) is 1.91. The fraction of sp³-hybridized carbons (Fsp3) is 0.0526. The lowest BCUT2D eigenvalue weighted by Gasteiger charge is -2.07. The van der Waals surface area contributed by atoms with E-state index in [-0.39, 0.29) is 10.9 Å². The van der Waals surface area contributed by atoms with Crippen molar-refractivity contribution in [3.05, 3.63) is 96.5 Å². The van der Waals surface area contributed by atoms with Crippen LogP contribution in [0.25, 0.3) is 0 Å². The molecule has 0 aliphatic carbocycles. The van der Waals surface area contributed by atoms with Gasteiger partial charge in [-0.15, -0.1) is 0 Å². The van der Waals surface area contributed by atoms with Gasteiger partial charge < -0.3 is 0 Å². The summed E-state index contributed by atoms with van der Waals surface area (Å²) < 4.78 is 0. The molecule has 0 radical (unpaired) electrons. The van der Waals surface area contributed by atoms with Gasteiger partial charge in [-0.05, 0) is 43.8 Å². The Morgan fingerprint density at radius 1 is 0.950 bits per heavy atom. The van der Waals surface area contributed by atoms with Gasteiger partial charge in [-0.3, -0.25) is 0 Å². The van der Waals surface area contributed by atoms with E-state index in [2.05, 4.69) is 68.6 Å². The molecule has 20 heavy (non-hydrogen) atoms. The number of allylic oxidation sites excluding steroid dienone is 3. The monoisotopic (exact) mass is 279 g/mol. The molecule has 1 heteroatoms. The first-order valence-corrected chi connectivity index (χ1v) is 7.79. The van der Waals surface area contributed by atoms with Gasteiger partial charge in [0, 0.05) is 0 Å². The van der Waals surface area contributed by atoms with Crippen LogP contribution < -0.4 is 0 Å². The number of rotatable bonds is 5. The van der Waals surface area contributed by atoms with E-state index in [4.69, 9.17) is 0 Å². The predicted molar refractivity (Wildman–Crippen MR) is 90.0 cm³/mol. The maximum absolute atomic E-state index is 4.25. The lowest BCUT2D eigenvalue weighted by molar-refractivity contribution is 1.34. The molecule has 2 rings (SSSR count). The van der Waals surface area contributed by atoms with Gasteiger partial charge in [0.05, 0.1) is 10.9 Å². The Kier molecular flexibility index (Phi) is 5.03. The van der Waals surface area contributed by atoms with Crippen molar-refractivity contribution in [2.75, 3.05) is 0 Å². The van der Waals surface area contributed by atoms with Crippen molar-refractivity contribution in [1.82, 2.24) is 0 Å². The topological polar surface area (TPSA) is 0 Å². The minimum absolute atomic E-state index is 0.135. The quantitative estimate of drug-likeness (QED) is 0.515. The van der Waals surface area contributed by atoms with E-state index in [9.17, 15) is 0 Å². The standard InChI is InChI=1S/C19H19S/c1-4-5-9-17(3)20(18-10-7-6-8-11-18)19-14-12-16(2)13-15-19/h4-15H,1,3H2,2H3/q+1/b9-5-. The van der Waals surface area contributed by atoms with Crippen molar-refractivity contribution in [3.63, 3.8) is 0 Å². The second kappa shape index (κ2) is 6.97. The Hall–Kier alpha value is -1.99. The Morgan fingerprint density at radius 3 is 2.15 bits per heavy atom. The second-order valence-corrected chi connectivity index (χ2v) is 6.57. The van der Waals surface area contributed by atoms with Crippen LogP contribution in [0.3, 0.4) is 0 Å². The second-order valence-electron chi connectivity index (χ2n) is 4.49. The molecule has 100 valence electrons. The average Bonchev–Trinajstić information content (AvgIpc) is 2.48. The molecule has 0 amide bonds. The third-order valence-corrected chi connectivity index (χ3v) is 5.06. The highest BCUT2D eigenvalue weighted by atomic mass is 32.2. The van der Waals surface area contributed by atoms with Crippen LogP contribution in [0, 0.1) is 6.92 Å². The van der Waals surface area contributed by atoms with Crippen molar-refractivity contribution < 1.29 is 0 Å². The Morgan fingerprint density at radius 2 is 1.55 bits per heavy atom. The van der Waals surface area contributed by atoms with Crippen molar-refractivity contribution in [2.24, 2.45) is 0 Å². The predicted octanol–water partition coefficient (Wildman–Crippen LogP) is 5.29. The van der Waals surface area contributed by atoms with Crippen molar-refractivity contribution in [3.8, 4) is 0 Å². The Labute approximate surface area is 124 Å². The van der Waals surface area contributed by atoms with Gasteiger partial charge in [-0.25, -0.2) is 0 Å². The zero-order chi connectivity index (χ0) is 14.4. The molecule has 0 N–H and O–H groups in total. The number of hydrogen-bond acceptors (Lipinski definition) is 0. The van der Waals surface area contributed by atoms with Gasteiger partial charge in [-0.2, -0.15) is 0 Å². The molecule has 0 saturated carbocycles. The number of aryl methyl sites for hydroxylation is 1. The maximum Gasteiger partial charge on any atom is 0.166 e. The van der Waals surface area contributed by atoms with Crippen LogP contribution in [0.2, 0.25) is 0 Å². The molecule has 0 aliphatic rings. The lowest BCUT2D eigenvalue weighted by Crippen LogP contribution is -2.04. The highest BCUT2D eigenvalue weighted by Crippen LogP contribution is 2.30. The molecule has 0 heterocycles. The zero-order valence-electron chi connectivity index (χ0n) is 11.8. The van der Waals surface area contributed by atoms with E-state index in [1.165, 1.54) is 15.4 Å². The fourth-order valence-corrected chi connectivity index (χ4v) is 3.84. The first-order valence-electron chi connectivity index (χ1n) is 6.56. The lowest BCUT2D eigenvalue weighted by atomic mass is 10.2. The smallest absolute Gasteiger partial charge is 0.0991 e. The van der Waals surface area contributed by atoms with E-state index in [1.54, 1.807) is 6.08 Å². The van der Waals surface area contributed by atoms with Crippen LogP contribution in [-0.2, 0) is 10.9 Å². The molecule has 0 aromatic heterocycles. The van der Waals surface area contributed by atoms with Crippen LogP contribution in [-0.4, -0.2) is 0 Å². The Bertz CT molecular complexity index is 606. The minimum Gasteiger partial charge on any atom is -0.0991 e. The molecule has 0 nitrogen and oxygen atoms in total. The SMILES string of the molecule is C=C/C=C\C(=C)[S+](c1ccccc1)c1ccc(C)cc1. The van der Waals surface area contributed by atoms with Gasteiger partial charge in [-0.1, -0.05) is 54.6 Å². The molecule has 0 bridgehead atoms. The molecule has 0 fully saturated rings. The van der Waals surface area contributed by atoms with Crippen LogP contribution in [0.4, 0.5) is 0 Å². The molecular formula is C19H19S+. The first kappa shape index (κ1) is 14.4. The molecule has 0 saturated heterocycles. The zero-order valence-corrected chi connectivity index (χ0v) is 12.6. The molecule has 1 atom stereocenters. The van der Waals surface area contributed by atoms with Gasteiger partial charge in [0.1, 0.15) is 0 Å². The normalized spacial score (nSPS) is 12.2. The number of hydrogen-bond donors (Lipinski definition) is 0. The van der Waals surface area contributed by atoms with E-state index in [1.807, 2.05) is 18.2 Å². The van der Waals surface area contributed by atoms with Crippen molar-refractivity contribution in [2.45, 2.75) is 16.7 Å². The third kappa shape index (κ3) is 3.52.